The van der Waals surface area contributed by atoms with Crippen molar-refractivity contribution in [1.29, 1.82) is 0 Å². The minimum Gasteiger partial charge on any atom is -0.351 e. The monoisotopic (exact) mass is 334 g/mol. The van der Waals surface area contributed by atoms with Gasteiger partial charge in [-0.15, -0.1) is 0 Å². The first-order valence-corrected chi connectivity index (χ1v) is 6.82. The maximum atomic E-state index is 12.9. The fourth-order valence-corrected chi connectivity index (χ4v) is 2.60. The molecule has 1 aromatic carbocycles. The number of benzene rings is 1. The summed E-state index contributed by atoms with van der Waals surface area (Å²) in [6, 6.07) is 5.04. The Morgan fingerprint density at radius 3 is 3.00 bits per heavy atom. The van der Waals surface area contributed by atoms with Crippen LogP contribution in [-0.2, 0) is 11.3 Å². The van der Waals surface area contributed by atoms with Crippen LogP contribution in [-0.4, -0.2) is 24.7 Å². The van der Waals surface area contributed by atoms with Gasteiger partial charge in [-0.05, 0) is 17.7 Å². The number of carbonyl (C=O) groups is 1. The number of hydrogen-bond donors (Lipinski definition) is 2. The molecule has 1 aliphatic heterocycles. The van der Waals surface area contributed by atoms with Gasteiger partial charge in [-0.2, -0.15) is 0 Å². The molecule has 2 rings (SSSR count). The van der Waals surface area contributed by atoms with E-state index >= 15 is 0 Å². The average molecular weight is 336 g/mol. The molecule has 0 unspecified atom stereocenters. The minimum atomic E-state index is -0.933. The molecule has 0 bridgehead atoms. The molecule has 0 aromatic heterocycles. The lowest BCUT2D eigenvalue weighted by molar-refractivity contribution is -0.123. The maximum absolute atomic E-state index is 12.9. The number of alkyl halides is 1. The molecule has 18 heavy (non-hydrogen) atoms. The van der Waals surface area contributed by atoms with Gasteiger partial charge >= 0.3 is 0 Å². The number of amides is 1. The van der Waals surface area contributed by atoms with Gasteiger partial charge in [0.2, 0.25) is 5.91 Å². The lowest BCUT2D eigenvalue weighted by Gasteiger charge is -2.11. The van der Waals surface area contributed by atoms with Crippen LogP contribution in [0.1, 0.15) is 12.0 Å². The predicted octanol–water partition coefficient (Wildman–Crippen LogP) is 2.42. The zero-order chi connectivity index (χ0) is 13.1. The van der Waals surface area contributed by atoms with Crippen molar-refractivity contribution in [2.24, 2.45) is 0 Å². The Hall–Kier alpha value is -0.650. The number of nitrogens with one attached hydrogen (secondary N) is 2. The van der Waals surface area contributed by atoms with Crippen molar-refractivity contribution in [2.45, 2.75) is 25.2 Å². The van der Waals surface area contributed by atoms with Gasteiger partial charge in [-0.25, -0.2) is 4.39 Å². The van der Waals surface area contributed by atoms with E-state index in [1.54, 1.807) is 6.07 Å². The van der Waals surface area contributed by atoms with Crippen LogP contribution in [0.3, 0.4) is 0 Å². The zero-order valence-corrected chi connectivity index (χ0v) is 11.9. The molecule has 1 fully saturated rings. The summed E-state index contributed by atoms with van der Waals surface area (Å²) >= 11 is 9.35. The van der Waals surface area contributed by atoms with Crippen molar-refractivity contribution in [3.05, 3.63) is 33.3 Å². The Balaban J connectivity index is 1.89. The zero-order valence-electron chi connectivity index (χ0n) is 9.55. The lowest BCUT2D eigenvalue weighted by Crippen LogP contribution is -2.40. The highest BCUT2D eigenvalue weighted by Gasteiger charge is 2.28. The number of carbonyl (C=O) groups excluding carboxylic acids is 1. The largest absolute Gasteiger partial charge is 0.351 e. The van der Waals surface area contributed by atoms with Gasteiger partial charge in [-0.3, -0.25) is 4.79 Å². The van der Waals surface area contributed by atoms with Crippen LogP contribution in [0.5, 0.6) is 0 Å². The summed E-state index contributed by atoms with van der Waals surface area (Å²) in [5.74, 6) is -0.186. The molecule has 1 aliphatic rings. The standard InChI is InChI=1S/C12H13BrClFN2O/c13-8-2-1-7(10(14)3-8)5-17-12(18)11-4-9(15)6-16-11/h1-3,9,11,16H,4-6H2,(H,17,18)/t9-,11+/m0/s1. The third-order valence-corrected chi connectivity index (χ3v) is 3.71. The fraction of sp³-hybridized carbons (Fsp3) is 0.417. The van der Waals surface area contributed by atoms with Crippen molar-refractivity contribution in [2.75, 3.05) is 6.54 Å². The summed E-state index contributed by atoms with van der Waals surface area (Å²) in [5, 5.41) is 6.18. The first kappa shape index (κ1) is 13.8. The molecule has 1 aromatic rings. The van der Waals surface area contributed by atoms with E-state index in [4.69, 9.17) is 11.6 Å². The highest BCUT2D eigenvalue weighted by molar-refractivity contribution is 9.10. The van der Waals surface area contributed by atoms with Crippen molar-refractivity contribution in [3.8, 4) is 0 Å². The van der Waals surface area contributed by atoms with Crippen LogP contribution in [0.25, 0.3) is 0 Å². The second-order valence-electron chi connectivity index (χ2n) is 4.25. The van der Waals surface area contributed by atoms with E-state index in [1.807, 2.05) is 12.1 Å². The van der Waals surface area contributed by atoms with E-state index in [0.29, 0.717) is 11.6 Å². The van der Waals surface area contributed by atoms with Crippen LogP contribution in [0.2, 0.25) is 5.02 Å². The van der Waals surface area contributed by atoms with E-state index in [-0.39, 0.29) is 18.9 Å². The second kappa shape index (κ2) is 5.99. The van der Waals surface area contributed by atoms with Crippen LogP contribution in [0.15, 0.2) is 22.7 Å². The van der Waals surface area contributed by atoms with Crippen LogP contribution >= 0.6 is 27.5 Å². The highest BCUT2D eigenvalue weighted by atomic mass is 79.9. The maximum Gasteiger partial charge on any atom is 0.237 e. The molecule has 0 aliphatic carbocycles. The second-order valence-corrected chi connectivity index (χ2v) is 5.57. The van der Waals surface area contributed by atoms with E-state index in [2.05, 4.69) is 26.6 Å². The van der Waals surface area contributed by atoms with Gasteiger partial charge in [0.05, 0.1) is 6.04 Å². The van der Waals surface area contributed by atoms with Gasteiger partial charge < -0.3 is 10.6 Å². The summed E-state index contributed by atoms with van der Waals surface area (Å²) < 4.78 is 13.8. The van der Waals surface area contributed by atoms with E-state index in [0.717, 1.165) is 10.0 Å². The molecule has 1 heterocycles. The molecule has 98 valence electrons. The molecule has 1 saturated heterocycles. The number of hydrogen-bond acceptors (Lipinski definition) is 2. The minimum absolute atomic E-state index is 0.186. The molecule has 2 N–H and O–H groups in total. The first-order valence-electron chi connectivity index (χ1n) is 5.65. The quantitative estimate of drug-likeness (QED) is 0.891. The van der Waals surface area contributed by atoms with Crippen molar-refractivity contribution >= 4 is 33.4 Å². The van der Waals surface area contributed by atoms with Crippen molar-refractivity contribution in [3.63, 3.8) is 0 Å². The molecule has 0 saturated carbocycles. The number of halogens is 3. The first-order chi connectivity index (χ1) is 8.56. The summed E-state index contributed by atoms with van der Waals surface area (Å²) in [5.41, 5.74) is 0.836. The predicted molar refractivity (Wildman–Crippen MR) is 72.3 cm³/mol. The van der Waals surface area contributed by atoms with Crippen molar-refractivity contribution in [1.82, 2.24) is 10.6 Å². The van der Waals surface area contributed by atoms with E-state index in [9.17, 15) is 9.18 Å². The average Bonchev–Trinajstić information content (AvgIpc) is 2.74. The fourth-order valence-electron chi connectivity index (χ4n) is 1.86. The van der Waals surface area contributed by atoms with Gasteiger partial charge in [-0.1, -0.05) is 33.6 Å². The molecular weight excluding hydrogens is 322 g/mol. The third kappa shape index (κ3) is 3.43. The van der Waals surface area contributed by atoms with Gasteiger partial charge in [0.25, 0.3) is 0 Å². The van der Waals surface area contributed by atoms with Crippen LogP contribution < -0.4 is 10.6 Å². The Morgan fingerprint density at radius 2 is 2.39 bits per heavy atom. The van der Waals surface area contributed by atoms with Gasteiger partial charge in [0.1, 0.15) is 6.17 Å². The van der Waals surface area contributed by atoms with Gasteiger partial charge in [0.15, 0.2) is 0 Å². The Labute approximate surface area is 118 Å². The summed E-state index contributed by atoms with van der Waals surface area (Å²) in [7, 11) is 0. The highest BCUT2D eigenvalue weighted by Crippen LogP contribution is 2.21. The third-order valence-electron chi connectivity index (χ3n) is 2.86. The SMILES string of the molecule is O=C(NCc1ccc(Br)cc1Cl)[C@H]1C[C@H](F)CN1. The Kier molecular flexibility index (Phi) is 4.59. The molecule has 3 nitrogen and oxygen atoms in total. The molecule has 0 spiro atoms. The molecule has 6 heteroatoms. The lowest BCUT2D eigenvalue weighted by atomic mass is 10.2. The Morgan fingerprint density at radius 1 is 1.61 bits per heavy atom. The summed E-state index contributed by atoms with van der Waals surface area (Å²) in [6.45, 7) is 0.594. The molecule has 2 atom stereocenters. The van der Waals surface area contributed by atoms with Crippen LogP contribution in [0.4, 0.5) is 4.39 Å². The molecule has 0 radical (unpaired) electrons. The topological polar surface area (TPSA) is 41.1 Å². The van der Waals surface area contributed by atoms with E-state index in [1.165, 1.54) is 0 Å². The number of rotatable bonds is 3. The Bertz CT molecular complexity index is 458. The summed E-state index contributed by atoms with van der Waals surface area (Å²) in [6.07, 6.45) is -0.697. The van der Waals surface area contributed by atoms with E-state index < -0.39 is 12.2 Å². The van der Waals surface area contributed by atoms with Gasteiger partial charge in [0, 0.05) is 29.0 Å². The van der Waals surface area contributed by atoms with Crippen LogP contribution in [0, 0.1) is 0 Å². The smallest absolute Gasteiger partial charge is 0.237 e. The van der Waals surface area contributed by atoms with Crippen molar-refractivity contribution < 1.29 is 9.18 Å². The molecular formula is C12H13BrClFN2O. The molecule has 1 amide bonds. The normalized spacial score (nSPS) is 23.1. The summed E-state index contributed by atoms with van der Waals surface area (Å²) in [4.78, 5) is 11.7.